The van der Waals surface area contributed by atoms with Crippen molar-refractivity contribution in [3.05, 3.63) is 11.6 Å². The minimum absolute atomic E-state index is 0.593. The molecule has 3 N–H and O–H groups in total. The number of hydrogen-bond acceptors (Lipinski definition) is 2. The third-order valence-corrected chi connectivity index (χ3v) is 2.73. The van der Waals surface area contributed by atoms with E-state index in [2.05, 4.69) is 23.5 Å². The summed E-state index contributed by atoms with van der Waals surface area (Å²) in [5.74, 6) is 0. The van der Waals surface area contributed by atoms with Gasteiger partial charge in [0, 0.05) is 0 Å². The highest BCUT2D eigenvalue weighted by atomic mass is 16.2. The Morgan fingerprint density at radius 3 is 3.00 bits per heavy atom. The molecule has 1 saturated carbocycles. The van der Waals surface area contributed by atoms with Crippen LogP contribution in [0.15, 0.2) is 16.8 Å². The first-order valence-corrected chi connectivity index (χ1v) is 6.05. The van der Waals surface area contributed by atoms with Crippen molar-refractivity contribution in [3.63, 3.8) is 0 Å². The number of carbonyl (C=O) groups excluding carboxylic acids is 1. The molecule has 16 heavy (non-hydrogen) atoms. The van der Waals surface area contributed by atoms with Crippen LogP contribution in [0.25, 0.3) is 0 Å². The Balaban J connectivity index is 2.44. The summed E-state index contributed by atoms with van der Waals surface area (Å²) in [6, 6.07) is -0.593. The van der Waals surface area contributed by atoms with E-state index in [0.717, 1.165) is 31.4 Å². The molecule has 1 rings (SSSR count). The molecule has 4 nitrogen and oxygen atoms in total. The lowest BCUT2D eigenvalue weighted by molar-refractivity contribution is 0.249. The van der Waals surface area contributed by atoms with Crippen LogP contribution in [-0.4, -0.2) is 11.7 Å². The van der Waals surface area contributed by atoms with Crippen LogP contribution in [0.4, 0.5) is 4.79 Å². The molecule has 0 aliphatic heterocycles. The van der Waals surface area contributed by atoms with Crippen molar-refractivity contribution in [1.82, 2.24) is 5.43 Å². The molecule has 0 bridgehead atoms. The smallest absolute Gasteiger partial charge is 0.332 e. The fourth-order valence-electron chi connectivity index (χ4n) is 1.89. The topological polar surface area (TPSA) is 67.5 Å². The Kier molecular flexibility index (Phi) is 5.61. The number of nitrogens with one attached hydrogen (secondary N) is 1. The number of nitrogens with two attached hydrogens (primary N) is 1. The molecule has 4 heteroatoms. The van der Waals surface area contributed by atoms with Gasteiger partial charge in [0.15, 0.2) is 0 Å². The fourth-order valence-corrected chi connectivity index (χ4v) is 1.89. The number of hydrogen-bond donors (Lipinski definition) is 2. The van der Waals surface area contributed by atoms with Gasteiger partial charge in [-0.1, -0.05) is 25.8 Å². The average Bonchev–Trinajstić information content (AvgIpc) is 2.69. The number of rotatable bonds is 5. The van der Waals surface area contributed by atoms with Gasteiger partial charge in [0.2, 0.25) is 0 Å². The summed E-state index contributed by atoms with van der Waals surface area (Å²) in [4.78, 5) is 10.5. The van der Waals surface area contributed by atoms with Gasteiger partial charge in [0.25, 0.3) is 0 Å². The van der Waals surface area contributed by atoms with Gasteiger partial charge in [-0.05, 0) is 37.7 Å². The van der Waals surface area contributed by atoms with Gasteiger partial charge >= 0.3 is 6.03 Å². The van der Waals surface area contributed by atoms with Crippen molar-refractivity contribution < 1.29 is 4.79 Å². The van der Waals surface area contributed by atoms with Crippen molar-refractivity contribution in [3.8, 4) is 0 Å². The Morgan fingerprint density at radius 2 is 2.31 bits per heavy atom. The van der Waals surface area contributed by atoms with Gasteiger partial charge < -0.3 is 5.73 Å². The molecule has 2 amide bonds. The van der Waals surface area contributed by atoms with E-state index in [1.807, 2.05) is 0 Å². The second kappa shape index (κ2) is 7.04. The first-order chi connectivity index (χ1) is 7.74. The molecular formula is C12H21N3O. The van der Waals surface area contributed by atoms with Gasteiger partial charge in [0.1, 0.15) is 0 Å². The number of primary amides is 1. The summed E-state index contributed by atoms with van der Waals surface area (Å²) in [7, 11) is 0. The van der Waals surface area contributed by atoms with Gasteiger partial charge in [-0.2, -0.15) is 5.10 Å². The Hall–Kier alpha value is -1.32. The van der Waals surface area contributed by atoms with E-state index in [4.69, 9.17) is 5.73 Å². The first-order valence-electron chi connectivity index (χ1n) is 6.05. The number of hydrazone groups is 1. The number of urea groups is 1. The number of allylic oxidation sites excluding steroid dienone is 2. The lowest BCUT2D eigenvalue weighted by Gasteiger charge is -2.00. The van der Waals surface area contributed by atoms with E-state index >= 15 is 0 Å². The highest BCUT2D eigenvalue weighted by molar-refractivity contribution is 6.02. The summed E-state index contributed by atoms with van der Waals surface area (Å²) in [5.41, 5.74) is 9.56. The monoisotopic (exact) mass is 223 g/mol. The van der Waals surface area contributed by atoms with Crippen molar-refractivity contribution in [2.24, 2.45) is 10.8 Å². The molecule has 0 aromatic rings. The predicted molar refractivity (Wildman–Crippen MR) is 66.2 cm³/mol. The Morgan fingerprint density at radius 1 is 1.50 bits per heavy atom. The molecular weight excluding hydrogens is 202 g/mol. The van der Waals surface area contributed by atoms with Crippen LogP contribution in [-0.2, 0) is 0 Å². The third-order valence-electron chi connectivity index (χ3n) is 2.73. The Bertz CT molecular complexity index is 295. The molecule has 0 aromatic heterocycles. The zero-order chi connectivity index (χ0) is 11.8. The van der Waals surface area contributed by atoms with Crippen LogP contribution in [0.1, 0.15) is 51.9 Å². The summed E-state index contributed by atoms with van der Waals surface area (Å²) < 4.78 is 0. The van der Waals surface area contributed by atoms with Gasteiger partial charge in [-0.25, -0.2) is 10.2 Å². The Labute approximate surface area is 97.0 Å². The molecule has 1 fully saturated rings. The van der Waals surface area contributed by atoms with E-state index < -0.39 is 6.03 Å². The summed E-state index contributed by atoms with van der Waals surface area (Å²) in [6.45, 7) is 2.20. The van der Waals surface area contributed by atoms with E-state index in [1.165, 1.54) is 24.8 Å². The van der Waals surface area contributed by atoms with Gasteiger partial charge in [-0.3, -0.25) is 0 Å². The van der Waals surface area contributed by atoms with Gasteiger partial charge in [-0.15, -0.1) is 0 Å². The minimum atomic E-state index is -0.593. The number of carbonyl (C=O) groups is 1. The van der Waals surface area contributed by atoms with Crippen LogP contribution in [0.2, 0.25) is 0 Å². The normalized spacial score (nSPS) is 20.6. The maximum atomic E-state index is 10.5. The molecule has 0 radical (unpaired) electrons. The SMILES string of the molecule is CCCCCC=C1CCCC1=NNC(N)=O. The lowest BCUT2D eigenvalue weighted by atomic mass is 10.1. The van der Waals surface area contributed by atoms with Crippen molar-refractivity contribution in [2.75, 3.05) is 0 Å². The van der Waals surface area contributed by atoms with Crippen LogP contribution in [0.5, 0.6) is 0 Å². The van der Waals surface area contributed by atoms with Crippen molar-refractivity contribution in [2.45, 2.75) is 51.9 Å². The first kappa shape index (κ1) is 12.7. The average molecular weight is 223 g/mol. The second-order valence-electron chi connectivity index (χ2n) is 4.11. The summed E-state index contributed by atoms with van der Waals surface area (Å²) >= 11 is 0. The van der Waals surface area contributed by atoms with E-state index in [0.29, 0.717) is 0 Å². The number of unbranched alkanes of at least 4 members (excludes halogenated alkanes) is 3. The van der Waals surface area contributed by atoms with E-state index in [9.17, 15) is 4.79 Å². The molecule has 0 heterocycles. The summed E-state index contributed by atoms with van der Waals surface area (Å²) in [6.07, 6.45) is 10.3. The molecule has 90 valence electrons. The zero-order valence-electron chi connectivity index (χ0n) is 9.96. The van der Waals surface area contributed by atoms with E-state index in [-0.39, 0.29) is 0 Å². The van der Waals surface area contributed by atoms with E-state index in [1.54, 1.807) is 0 Å². The highest BCUT2D eigenvalue weighted by Crippen LogP contribution is 2.22. The van der Waals surface area contributed by atoms with Crippen LogP contribution < -0.4 is 11.2 Å². The standard InChI is InChI=1S/C12H21N3O/c1-2-3-4-5-7-10-8-6-9-11(10)14-15-12(13)16/h7H,2-6,8-9H2,1H3,(H3,13,15,16). The molecule has 0 aromatic carbocycles. The van der Waals surface area contributed by atoms with Crippen molar-refractivity contribution in [1.29, 1.82) is 0 Å². The number of nitrogens with zero attached hydrogens (tertiary/aromatic N) is 1. The second-order valence-corrected chi connectivity index (χ2v) is 4.11. The molecule has 1 aliphatic rings. The third kappa shape index (κ3) is 4.47. The summed E-state index contributed by atoms with van der Waals surface area (Å²) in [5, 5.41) is 4.03. The zero-order valence-corrected chi connectivity index (χ0v) is 9.96. The van der Waals surface area contributed by atoms with Crippen LogP contribution >= 0.6 is 0 Å². The van der Waals surface area contributed by atoms with Crippen LogP contribution in [0, 0.1) is 0 Å². The molecule has 0 unspecified atom stereocenters. The predicted octanol–water partition coefficient (Wildman–Crippen LogP) is 2.70. The van der Waals surface area contributed by atoms with Gasteiger partial charge in [0.05, 0.1) is 5.71 Å². The largest absolute Gasteiger partial charge is 0.350 e. The molecule has 0 saturated heterocycles. The quantitative estimate of drug-likeness (QED) is 0.546. The van der Waals surface area contributed by atoms with Crippen molar-refractivity contribution >= 4 is 11.7 Å². The minimum Gasteiger partial charge on any atom is -0.350 e. The molecule has 1 aliphatic carbocycles. The highest BCUT2D eigenvalue weighted by Gasteiger charge is 2.14. The van der Waals surface area contributed by atoms with Crippen LogP contribution in [0.3, 0.4) is 0 Å². The lowest BCUT2D eigenvalue weighted by Crippen LogP contribution is -2.25. The fraction of sp³-hybridized carbons (Fsp3) is 0.667. The molecule has 0 spiro atoms. The number of amides is 2. The maximum Gasteiger partial charge on any atom is 0.332 e. The maximum absolute atomic E-state index is 10.5. The molecule has 0 atom stereocenters.